The molecule has 0 aliphatic carbocycles. The second-order valence-electron chi connectivity index (χ2n) is 4.06. The maximum absolute atomic E-state index is 12.2. The summed E-state index contributed by atoms with van der Waals surface area (Å²) in [5.41, 5.74) is 2.63. The van der Waals surface area contributed by atoms with Crippen LogP contribution in [0.25, 0.3) is 0 Å². The molecule has 4 heteroatoms. The quantitative estimate of drug-likeness (QED) is 0.914. The summed E-state index contributed by atoms with van der Waals surface area (Å²) in [6.45, 7) is 1.88. The molecule has 0 saturated heterocycles. The first-order valence-electron chi connectivity index (χ1n) is 5.68. The van der Waals surface area contributed by atoms with Crippen LogP contribution >= 0.6 is 15.9 Å². The van der Waals surface area contributed by atoms with Crippen LogP contribution in [0.15, 0.2) is 46.9 Å². The Balaban J connectivity index is 2.26. The van der Waals surface area contributed by atoms with E-state index in [4.69, 9.17) is 5.26 Å². The highest BCUT2D eigenvalue weighted by atomic mass is 79.9. The fraction of sp³-hybridized carbons (Fsp3) is 0.0667. The predicted molar refractivity (Wildman–Crippen MR) is 78.0 cm³/mol. The number of amides is 1. The van der Waals surface area contributed by atoms with Crippen LogP contribution in [0.2, 0.25) is 0 Å². The number of carbonyl (C=O) groups excluding carboxylic acids is 1. The lowest BCUT2D eigenvalue weighted by Gasteiger charge is -2.09. The minimum absolute atomic E-state index is 0.186. The van der Waals surface area contributed by atoms with Crippen LogP contribution in [-0.4, -0.2) is 5.91 Å². The van der Waals surface area contributed by atoms with Crippen molar-refractivity contribution in [2.24, 2.45) is 0 Å². The molecule has 0 aliphatic heterocycles. The average molecular weight is 315 g/mol. The van der Waals surface area contributed by atoms with Crippen LogP contribution in [-0.2, 0) is 0 Å². The van der Waals surface area contributed by atoms with E-state index in [0.29, 0.717) is 16.8 Å². The van der Waals surface area contributed by atoms with E-state index in [2.05, 4.69) is 21.2 Å². The average Bonchev–Trinajstić information content (AvgIpc) is 2.42. The standard InChI is InChI=1S/C15H11BrN2O/c1-10-13(6-3-7-14(10)16)15(19)18-12-5-2-4-11(8-12)9-17/h2-8H,1H3,(H,18,19). The number of hydrogen-bond acceptors (Lipinski definition) is 2. The minimum Gasteiger partial charge on any atom is -0.322 e. The van der Waals surface area contributed by atoms with Crippen LogP contribution in [0, 0.1) is 18.3 Å². The molecule has 94 valence electrons. The highest BCUT2D eigenvalue weighted by Gasteiger charge is 2.10. The lowest BCUT2D eigenvalue weighted by atomic mass is 10.1. The zero-order valence-electron chi connectivity index (χ0n) is 10.3. The van der Waals surface area contributed by atoms with E-state index in [0.717, 1.165) is 10.0 Å². The summed E-state index contributed by atoms with van der Waals surface area (Å²) >= 11 is 3.40. The molecule has 0 fully saturated rings. The molecule has 0 aliphatic rings. The lowest BCUT2D eigenvalue weighted by molar-refractivity contribution is 0.102. The number of carbonyl (C=O) groups is 1. The molecular formula is C15H11BrN2O. The van der Waals surface area contributed by atoms with E-state index in [1.54, 1.807) is 30.3 Å². The molecule has 0 aromatic heterocycles. The first-order chi connectivity index (χ1) is 9.11. The zero-order chi connectivity index (χ0) is 13.8. The second kappa shape index (κ2) is 5.68. The SMILES string of the molecule is Cc1c(Br)cccc1C(=O)Nc1cccc(C#N)c1. The van der Waals surface area contributed by atoms with Crippen LogP contribution in [0.5, 0.6) is 0 Å². The van der Waals surface area contributed by atoms with Crippen LogP contribution in [0.4, 0.5) is 5.69 Å². The molecule has 0 spiro atoms. The molecule has 1 N–H and O–H groups in total. The molecule has 2 rings (SSSR count). The van der Waals surface area contributed by atoms with E-state index >= 15 is 0 Å². The summed E-state index contributed by atoms with van der Waals surface area (Å²) in [5.74, 6) is -0.186. The summed E-state index contributed by atoms with van der Waals surface area (Å²) in [7, 11) is 0. The van der Waals surface area contributed by atoms with Gasteiger partial charge in [-0.15, -0.1) is 0 Å². The highest BCUT2D eigenvalue weighted by Crippen LogP contribution is 2.20. The van der Waals surface area contributed by atoms with E-state index in [1.807, 2.05) is 25.1 Å². The Morgan fingerprint density at radius 3 is 2.74 bits per heavy atom. The van der Waals surface area contributed by atoms with Crippen molar-refractivity contribution in [3.05, 3.63) is 63.6 Å². The summed E-state index contributed by atoms with van der Waals surface area (Å²) in [5, 5.41) is 11.6. The number of nitrogens with zero attached hydrogens (tertiary/aromatic N) is 1. The summed E-state index contributed by atoms with van der Waals surface area (Å²) in [6.07, 6.45) is 0. The number of nitriles is 1. The van der Waals surface area contributed by atoms with Gasteiger partial charge in [-0.3, -0.25) is 4.79 Å². The predicted octanol–water partition coefficient (Wildman–Crippen LogP) is 3.88. The Morgan fingerprint density at radius 2 is 2.00 bits per heavy atom. The van der Waals surface area contributed by atoms with Crippen molar-refractivity contribution < 1.29 is 4.79 Å². The van der Waals surface area contributed by atoms with Gasteiger partial charge in [0.2, 0.25) is 0 Å². The zero-order valence-corrected chi connectivity index (χ0v) is 11.9. The minimum atomic E-state index is -0.186. The van der Waals surface area contributed by atoms with Gasteiger partial charge in [0.05, 0.1) is 11.6 Å². The molecule has 0 bridgehead atoms. The third-order valence-corrected chi connectivity index (χ3v) is 3.62. The van der Waals surface area contributed by atoms with Gasteiger partial charge in [-0.25, -0.2) is 0 Å². The third kappa shape index (κ3) is 3.01. The van der Waals surface area contributed by atoms with Gasteiger partial charge in [-0.1, -0.05) is 28.1 Å². The maximum atomic E-state index is 12.2. The molecule has 1 amide bonds. The van der Waals surface area contributed by atoms with Crippen molar-refractivity contribution in [1.82, 2.24) is 0 Å². The maximum Gasteiger partial charge on any atom is 0.255 e. The number of anilines is 1. The number of nitrogens with one attached hydrogen (secondary N) is 1. The van der Waals surface area contributed by atoms with Crippen LogP contribution in [0.1, 0.15) is 21.5 Å². The fourth-order valence-electron chi connectivity index (χ4n) is 1.72. The number of benzene rings is 2. The lowest BCUT2D eigenvalue weighted by Crippen LogP contribution is -2.13. The van der Waals surface area contributed by atoms with Crippen molar-refractivity contribution in [1.29, 1.82) is 5.26 Å². The smallest absolute Gasteiger partial charge is 0.255 e. The molecule has 3 nitrogen and oxygen atoms in total. The Morgan fingerprint density at radius 1 is 1.26 bits per heavy atom. The molecule has 0 saturated carbocycles. The molecule has 0 unspecified atom stereocenters. The van der Waals surface area contributed by atoms with E-state index < -0.39 is 0 Å². The van der Waals surface area contributed by atoms with Crippen LogP contribution in [0.3, 0.4) is 0 Å². The highest BCUT2D eigenvalue weighted by molar-refractivity contribution is 9.10. The Labute approximate surface area is 120 Å². The molecular weight excluding hydrogens is 304 g/mol. The normalized spacial score (nSPS) is 9.74. The van der Waals surface area contributed by atoms with Gasteiger partial charge in [-0.2, -0.15) is 5.26 Å². The molecule has 2 aromatic carbocycles. The summed E-state index contributed by atoms with van der Waals surface area (Å²) in [6, 6.07) is 14.4. The first kappa shape index (κ1) is 13.3. The second-order valence-corrected chi connectivity index (χ2v) is 4.91. The van der Waals surface area contributed by atoms with Crippen molar-refractivity contribution in [2.75, 3.05) is 5.32 Å². The molecule has 0 atom stereocenters. The van der Waals surface area contributed by atoms with Crippen molar-refractivity contribution in [3.8, 4) is 6.07 Å². The first-order valence-corrected chi connectivity index (χ1v) is 6.48. The van der Waals surface area contributed by atoms with Crippen LogP contribution < -0.4 is 5.32 Å². The van der Waals surface area contributed by atoms with Gasteiger partial charge in [0, 0.05) is 15.7 Å². The van der Waals surface area contributed by atoms with Gasteiger partial charge in [0.25, 0.3) is 5.91 Å². The summed E-state index contributed by atoms with van der Waals surface area (Å²) in [4.78, 5) is 12.2. The van der Waals surface area contributed by atoms with Crippen molar-refractivity contribution in [3.63, 3.8) is 0 Å². The number of hydrogen-bond donors (Lipinski definition) is 1. The van der Waals surface area contributed by atoms with E-state index in [-0.39, 0.29) is 5.91 Å². The van der Waals surface area contributed by atoms with Gasteiger partial charge in [0.15, 0.2) is 0 Å². The molecule has 2 aromatic rings. The monoisotopic (exact) mass is 314 g/mol. The number of halogens is 1. The Bertz CT molecular complexity index is 674. The van der Waals surface area contributed by atoms with Gasteiger partial charge >= 0.3 is 0 Å². The largest absolute Gasteiger partial charge is 0.322 e. The number of rotatable bonds is 2. The topological polar surface area (TPSA) is 52.9 Å². The Hall–Kier alpha value is -2.12. The summed E-state index contributed by atoms with van der Waals surface area (Å²) < 4.78 is 0.894. The van der Waals surface area contributed by atoms with Crippen molar-refractivity contribution in [2.45, 2.75) is 6.92 Å². The Kier molecular flexibility index (Phi) is 3.98. The molecule has 0 radical (unpaired) electrons. The third-order valence-electron chi connectivity index (χ3n) is 2.76. The van der Waals surface area contributed by atoms with Gasteiger partial charge in [-0.05, 0) is 42.8 Å². The van der Waals surface area contributed by atoms with E-state index in [1.165, 1.54) is 0 Å². The van der Waals surface area contributed by atoms with Gasteiger partial charge < -0.3 is 5.32 Å². The van der Waals surface area contributed by atoms with Gasteiger partial charge in [0.1, 0.15) is 0 Å². The van der Waals surface area contributed by atoms with Crippen molar-refractivity contribution >= 4 is 27.5 Å². The molecule has 19 heavy (non-hydrogen) atoms. The fourth-order valence-corrected chi connectivity index (χ4v) is 2.08. The van der Waals surface area contributed by atoms with E-state index in [9.17, 15) is 4.79 Å². The molecule has 0 heterocycles.